The molecule has 2 amide bonds. The highest BCUT2D eigenvalue weighted by Gasteiger charge is 2.02. The van der Waals surface area contributed by atoms with Gasteiger partial charge in [0, 0.05) is 24.4 Å². The number of amides is 2. The molecule has 118 valence electrons. The second-order valence-corrected chi connectivity index (χ2v) is 4.87. The Hall–Kier alpha value is -3.15. The lowest BCUT2D eigenvalue weighted by atomic mass is 10.2. The van der Waals surface area contributed by atoms with E-state index in [4.69, 9.17) is 5.73 Å². The molecule has 0 aliphatic carbocycles. The molecule has 2 aromatic rings. The molecule has 0 bridgehead atoms. The van der Waals surface area contributed by atoms with E-state index in [1.807, 2.05) is 0 Å². The lowest BCUT2D eigenvalue weighted by Crippen LogP contribution is -2.09. The average molecular weight is 313 g/mol. The van der Waals surface area contributed by atoms with E-state index in [0.29, 0.717) is 16.9 Å². The van der Waals surface area contributed by atoms with Crippen molar-refractivity contribution >= 4 is 35.0 Å². The van der Waals surface area contributed by atoms with Crippen LogP contribution < -0.4 is 16.4 Å². The van der Waals surface area contributed by atoms with Crippen molar-refractivity contribution in [2.45, 2.75) is 6.92 Å². The largest absolute Gasteiger partial charge is 0.396 e. The molecule has 5 nitrogen and oxygen atoms in total. The Morgan fingerprint density at radius 2 is 1.78 bits per heavy atom. The van der Waals surface area contributed by atoms with Crippen molar-refractivity contribution < 1.29 is 14.0 Å². The fourth-order valence-corrected chi connectivity index (χ4v) is 1.90. The number of hydrogen-bond donors (Lipinski definition) is 3. The number of nitrogens with one attached hydrogen (secondary N) is 2. The Kier molecular flexibility index (Phi) is 5.09. The molecule has 0 heterocycles. The first-order chi connectivity index (χ1) is 10.9. The van der Waals surface area contributed by atoms with Gasteiger partial charge in [-0.1, -0.05) is 12.1 Å². The SMILES string of the molecule is CC(=O)Nc1cccc(NC(=O)/C=C/c2ccc(F)c(N)c2)c1. The minimum Gasteiger partial charge on any atom is -0.396 e. The van der Waals surface area contributed by atoms with Gasteiger partial charge in [-0.15, -0.1) is 0 Å². The number of nitrogens with two attached hydrogens (primary N) is 1. The van der Waals surface area contributed by atoms with Crippen LogP contribution in [0.1, 0.15) is 12.5 Å². The Bertz CT molecular complexity index is 772. The molecule has 0 saturated heterocycles. The number of rotatable bonds is 4. The molecule has 0 saturated carbocycles. The third kappa shape index (κ3) is 4.96. The summed E-state index contributed by atoms with van der Waals surface area (Å²) in [6, 6.07) is 11.0. The summed E-state index contributed by atoms with van der Waals surface area (Å²) in [5.74, 6) is -1.04. The van der Waals surface area contributed by atoms with E-state index < -0.39 is 5.82 Å². The van der Waals surface area contributed by atoms with Gasteiger partial charge in [0.15, 0.2) is 0 Å². The van der Waals surface area contributed by atoms with Crippen molar-refractivity contribution in [3.05, 3.63) is 59.9 Å². The Labute approximate surface area is 133 Å². The molecule has 0 aromatic heterocycles. The number of carbonyl (C=O) groups is 2. The smallest absolute Gasteiger partial charge is 0.248 e. The Balaban J connectivity index is 2.02. The van der Waals surface area contributed by atoms with Crippen LogP contribution in [0.15, 0.2) is 48.5 Å². The second kappa shape index (κ2) is 7.22. The highest BCUT2D eigenvalue weighted by Crippen LogP contribution is 2.16. The molecule has 0 atom stereocenters. The van der Waals surface area contributed by atoms with Crippen LogP contribution in [0.4, 0.5) is 21.5 Å². The van der Waals surface area contributed by atoms with Crippen LogP contribution in [0.3, 0.4) is 0 Å². The van der Waals surface area contributed by atoms with E-state index in [1.165, 1.54) is 37.3 Å². The predicted octanol–water partition coefficient (Wildman–Crippen LogP) is 3.02. The monoisotopic (exact) mass is 313 g/mol. The highest BCUT2D eigenvalue weighted by molar-refractivity contribution is 6.02. The molecule has 2 aromatic carbocycles. The van der Waals surface area contributed by atoms with E-state index in [0.717, 1.165) is 0 Å². The normalized spacial score (nSPS) is 10.5. The zero-order valence-electron chi connectivity index (χ0n) is 12.5. The van der Waals surface area contributed by atoms with E-state index in [9.17, 15) is 14.0 Å². The highest BCUT2D eigenvalue weighted by atomic mass is 19.1. The third-order valence-electron chi connectivity index (χ3n) is 2.90. The maximum Gasteiger partial charge on any atom is 0.248 e. The number of hydrogen-bond acceptors (Lipinski definition) is 3. The molecule has 0 spiro atoms. The summed E-state index contributed by atoms with van der Waals surface area (Å²) in [5.41, 5.74) is 7.24. The molecule has 6 heteroatoms. The van der Waals surface area contributed by atoms with Gasteiger partial charge in [-0.25, -0.2) is 4.39 Å². The van der Waals surface area contributed by atoms with Gasteiger partial charge in [-0.2, -0.15) is 0 Å². The molecule has 0 radical (unpaired) electrons. The first-order valence-corrected chi connectivity index (χ1v) is 6.86. The molecular formula is C17H16FN3O2. The summed E-state index contributed by atoms with van der Waals surface area (Å²) >= 11 is 0. The van der Waals surface area contributed by atoms with Gasteiger partial charge in [0.2, 0.25) is 11.8 Å². The number of nitrogen functional groups attached to an aromatic ring is 1. The van der Waals surface area contributed by atoms with E-state index in [-0.39, 0.29) is 17.5 Å². The third-order valence-corrected chi connectivity index (χ3v) is 2.90. The van der Waals surface area contributed by atoms with Crippen LogP contribution in [0.25, 0.3) is 6.08 Å². The van der Waals surface area contributed by atoms with Crippen molar-refractivity contribution in [2.75, 3.05) is 16.4 Å². The van der Waals surface area contributed by atoms with E-state index in [1.54, 1.807) is 24.3 Å². The van der Waals surface area contributed by atoms with Gasteiger partial charge in [-0.05, 0) is 42.0 Å². The number of carbonyl (C=O) groups excluding carboxylic acids is 2. The van der Waals surface area contributed by atoms with Crippen LogP contribution >= 0.6 is 0 Å². The van der Waals surface area contributed by atoms with Gasteiger partial charge in [-0.3, -0.25) is 9.59 Å². The standard InChI is InChI=1S/C17H16FN3O2/c1-11(22)20-13-3-2-4-14(10-13)21-17(23)8-6-12-5-7-15(18)16(19)9-12/h2-10H,19H2,1H3,(H,20,22)(H,21,23)/b8-6+. The second-order valence-electron chi connectivity index (χ2n) is 4.87. The number of anilines is 3. The lowest BCUT2D eigenvalue weighted by Gasteiger charge is -2.06. The Morgan fingerprint density at radius 1 is 1.09 bits per heavy atom. The van der Waals surface area contributed by atoms with Crippen molar-refractivity contribution in [1.29, 1.82) is 0 Å². The fourth-order valence-electron chi connectivity index (χ4n) is 1.90. The van der Waals surface area contributed by atoms with Crippen molar-refractivity contribution in [3.63, 3.8) is 0 Å². The number of halogens is 1. The van der Waals surface area contributed by atoms with Crippen molar-refractivity contribution in [1.82, 2.24) is 0 Å². The molecular weight excluding hydrogens is 297 g/mol. The molecule has 0 aliphatic heterocycles. The summed E-state index contributed by atoms with van der Waals surface area (Å²) < 4.78 is 13.1. The van der Waals surface area contributed by atoms with Crippen LogP contribution in [-0.2, 0) is 9.59 Å². The van der Waals surface area contributed by atoms with Crippen molar-refractivity contribution in [3.8, 4) is 0 Å². The first-order valence-electron chi connectivity index (χ1n) is 6.86. The van der Waals surface area contributed by atoms with Gasteiger partial charge < -0.3 is 16.4 Å². The molecule has 0 aliphatic rings. The number of benzene rings is 2. The van der Waals surface area contributed by atoms with E-state index >= 15 is 0 Å². The topological polar surface area (TPSA) is 84.2 Å². The van der Waals surface area contributed by atoms with Gasteiger partial charge in [0.05, 0.1) is 5.69 Å². The minimum absolute atomic E-state index is 0.0237. The molecule has 0 fully saturated rings. The van der Waals surface area contributed by atoms with Gasteiger partial charge in [0.1, 0.15) is 5.82 Å². The molecule has 4 N–H and O–H groups in total. The quantitative estimate of drug-likeness (QED) is 0.599. The lowest BCUT2D eigenvalue weighted by molar-refractivity contribution is -0.114. The maximum absolute atomic E-state index is 13.1. The summed E-state index contributed by atoms with van der Waals surface area (Å²) in [4.78, 5) is 22.9. The first kappa shape index (κ1) is 16.2. The maximum atomic E-state index is 13.1. The zero-order chi connectivity index (χ0) is 16.8. The summed E-state index contributed by atoms with van der Waals surface area (Å²) in [6.45, 7) is 1.41. The Morgan fingerprint density at radius 3 is 2.43 bits per heavy atom. The van der Waals surface area contributed by atoms with Crippen LogP contribution in [0, 0.1) is 5.82 Å². The molecule has 0 unspecified atom stereocenters. The fraction of sp³-hybridized carbons (Fsp3) is 0.0588. The predicted molar refractivity (Wildman–Crippen MR) is 89.2 cm³/mol. The van der Waals surface area contributed by atoms with Crippen LogP contribution in [-0.4, -0.2) is 11.8 Å². The summed E-state index contributed by atoms with van der Waals surface area (Å²) in [7, 11) is 0. The van der Waals surface area contributed by atoms with Crippen LogP contribution in [0.5, 0.6) is 0 Å². The molecule has 2 rings (SSSR count). The molecule has 23 heavy (non-hydrogen) atoms. The van der Waals surface area contributed by atoms with Crippen molar-refractivity contribution in [2.24, 2.45) is 0 Å². The van der Waals surface area contributed by atoms with E-state index in [2.05, 4.69) is 10.6 Å². The zero-order valence-corrected chi connectivity index (χ0v) is 12.5. The minimum atomic E-state index is -0.499. The van der Waals surface area contributed by atoms with Gasteiger partial charge in [0.25, 0.3) is 0 Å². The summed E-state index contributed by atoms with van der Waals surface area (Å²) in [6.07, 6.45) is 2.85. The average Bonchev–Trinajstić information content (AvgIpc) is 2.48. The summed E-state index contributed by atoms with van der Waals surface area (Å²) in [5, 5.41) is 5.30. The van der Waals surface area contributed by atoms with Crippen LogP contribution in [0.2, 0.25) is 0 Å². The van der Waals surface area contributed by atoms with Gasteiger partial charge >= 0.3 is 0 Å².